The zero-order valence-corrected chi connectivity index (χ0v) is 13.9. The standard InChI is InChI=1S/C19H25N3O/c1-14-10-22(11-15(2)21-14)12-16-5-7-17(8-6-16)18-4-3-9-20-19(18)13-23/h3-9,14-15,21,23H,10-13H2,1-2H3/t14-,15+. The number of hydrogen-bond acceptors (Lipinski definition) is 4. The van der Waals surface area contributed by atoms with E-state index in [0.717, 1.165) is 36.5 Å². The number of nitrogens with one attached hydrogen (secondary N) is 1. The molecule has 0 unspecified atom stereocenters. The number of rotatable bonds is 4. The van der Waals surface area contributed by atoms with Crippen LogP contribution in [0, 0.1) is 0 Å². The van der Waals surface area contributed by atoms with Crippen molar-refractivity contribution in [3.05, 3.63) is 53.9 Å². The molecule has 2 heterocycles. The van der Waals surface area contributed by atoms with Crippen LogP contribution in [0.2, 0.25) is 0 Å². The van der Waals surface area contributed by atoms with E-state index in [9.17, 15) is 5.11 Å². The summed E-state index contributed by atoms with van der Waals surface area (Å²) in [5.41, 5.74) is 4.16. The monoisotopic (exact) mass is 311 g/mol. The Morgan fingerprint density at radius 1 is 1.13 bits per heavy atom. The molecular weight excluding hydrogens is 286 g/mol. The van der Waals surface area contributed by atoms with Crippen LogP contribution in [0.4, 0.5) is 0 Å². The van der Waals surface area contributed by atoms with E-state index in [1.807, 2.05) is 12.1 Å². The van der Waals surface area contributed by atoms with Crippen LogP contribution >= 0.6 is 0 Å². The summed E-state index contributed by atoms with van der Waals surface area (Å²) < 4.78 is 0. The minimum atomic E-state index is -0.0333. The number of piperazine rings is 1. The van der Waals surface area contributed by atoms with Crippen LogP contribution in [0.1, 0.15) is 25.1 Å². The van der Waals surface area contributed by atoms with Gasteiger partial charge in [0, 0.05) is 43.5 Å². The van der Waals surface area contributed by atoms with Crippen LogP contribution in [0.15, 0.2) is 42.6 Å². The minimum absolute atomic E-state index is 0.0333. The summed E-state index contributed by atoms with van der Waals surface area (Å²) in [4.78, 5) is 6.75. The number of hydrogen-bond donors (Lipinski definition) is 2. The molecule has 2 atom stereocenters. The minimum Gasteiger partial charge on any atom is -0.390 e. The SMILES string of the molecule is C[C@@H]1CN(Cc2ccc(-c3cccnc3CO)cc2)C[C@H](C)N1. The molecule has 1 aliphatic rings. The molecule has 1 aromatic heterocycles. The summed E-state index contributed by atoms with van der Waals surface area (Å²) in [6.45, 7) is 7.60. The first-order valence-electron chi connectivity index (χ1n) is 8.28. The predicted molar refractivity (Wildman–Crippen MR) is 92.9 cm³/mol. The van der Waals surface area contributed by atoms with Gasteiger partial charge in [0.25, 0.3) is 0 Å². The maximum atomic E-state index is 9.43. The second-order valence-corrected chi connectivity index (χ2v) is 6.52. The van der Waals surface area contributed by atoms with Gasteiger partial charge in [-0.1, -0.05) is 30.3 Å². The van der Waals surface area contributed by atoms with Crippen molar-refractivity contribution < 1.29 is 5.11 Å². The molecule has 1 aromatic carbocycles. The van der Waals surface area contributed by atoms with Crippen molar-refractivity contribution >= 4 is 0 Å². The fourth-order valence-electron chi connectivity index (χ4n) is 3.44. The Balaban J connectivity index is 1.72. The van der Waals surface area contributed by atoms with Crippen LogP contribution in [0.3, 0.4) is 0 Å². The van der Waals surface area contributed by atoms with Crippen LogP contribution in [-0.2, 0) is 13.2 Å². The largest absolute Gasteiger partial charge is 0.390 e. The third kappa shape index (κ3) is 3.96. The predicted octanol–water partition coefficient (Wildman–Crippen LogP) is 2.42. The third-order valence-electron chi connectivity index (χ3n) is 4.34. The summed E-state index contributed by atoms with van der Waals surface area (Å²) in [5, 5.41) is 13.0. The molecule has 3 rings (SSSR count). The smallest absolute Gasteiger partial charge is 0.0859 e. The van der Waals surface area contributed by atoms with E-state index in [1.54, 1.807) is 6.20 Å². The van der Waals surface area contributed by atoms with Gasteiger partial charge in [-0.2, -0.15) is 0 Å². The Hall–Kier alpha value is -1.75. The Labute approximate surface area is 138 Å². The first-order valence-corrected chi connectivity index (χ1v) is 8.28. The molecule has 1 fully saturated rings. The van der Waals surface area contributed by atoms with Crippen LogP contribution < -0.4 is 5.32 Å². The highest BCUT2D eigenvalue weighted by atomic mass is 16.3. The Morgan fingerprint density at radius 3 is 2.48 bits per heavy atom. The molecule has 122 valence electrons. The second-order valence-electron chi connectivity index (χ2n) is 6.52. The highest BCUT2D eigenvalue weighted by molar-refractivity contribution is 5.65. The summed E-state index contributed by atoms with van der Waals surface area (Å²) in [5.74, 6) is 0. The van der Waals surface area contributed by atoms with Crippen molar-refractivity contribution in [1.29, 1.82) is 0 Å². The number of benzene rings is 1. The summed E-state index contributed by atoms with van der Waals surface area (Å²) >= 11 is 0. The zero-order chi connectivity index (χ0) is 16.2. The molecule has 4 heteroatoms. The quantitative estimate of drug-likeness (QED) is 0.910. The molecule has 0 amide bonds. The van der Waals surface area contributed by atoms with Gasteiger partial charge >= 0.3 is 0 Å². The molecule has 0 bridgehead atoms. The van der Waals surface area contributed by atoms with Crippen LogP contribution in [0.5, 0.6) is 0 Å². The fraction of sp³-hybridized carbons (Fsp3) is 0.421. The van der Waals surface area contributed by atoms with Crippen molar-refractivity contribution in [2.75, 3.05) is 13.1 Å². The Kier molecular flexibility index (Phi) is 5.06. The lowest BCUT2D eigenvalue weighted by molar-refractivity contribution is 0.166. The van der Waals surface area contributed by atoms with Gasteiger partial charge in [0.05, 0.1) is 12.3 Å². The van der Waals surface area contributed by atoms with Gasteiger partial charge in [-0.3, -0.25) is 9.88 Å². The van der Waals surface area contributed by atoms with Crippen molar-refractivity contribution in [2.45, 2.75) is 39.1 Å². The lowest BCUT2D eigenvalue weighted by Gasteiger charge is -2.36. The van der Waals surface area contributed by atoms with Gasteiger partial charge in [-0.15, -0.1) is 0 Å². The molecule has 2 N–H and O–H groups in total. The maximum absolute atomic E-state index is 9.43. The van der Waals surface area contributed by atoms with Crippen molar-refractivity contribution in [3.63, 3.8) is 0 Å². The lowest BCUT2D eigenvalue weighted by Crippen LogP contribution is -2.53. The molecule has 0 saturated carbocycles. The Bertz CT molecular complexity index is 631. The van der Waals surface area contributed by atoms with Gasteiger partial charge in [0.2, 0.25) is 0 Å². The average Bonchev–Trinajstić information content (AvgIpc) is 2.54. The van der Waals surface area contributed by atoms with E-state index in [2.05, 4.69) is 53.3 Å². The molecule has 23 heavy (non-hydrogen) atoms. The van der Waals surface area contributed by atoms with E-state index >= 15 is 0 Å². The highest BCUT2D eigenvalue weighted by Crippen LogP contribution is 2.23. The van der Waals surface area contributed by atoms with E-state index in [0.29, 0.717) is 12.1 Å². The fourth-order valence-corrected chi connectivity index (χ4v) is 3.44. The number of nitrogens with zero attached hydrogens (tertiary/aromatic N) is 2. The number of pyridine rings is 1. The van der Waals surface area contributed by atoms with Crippen molar-refractivity contribution in [2.24, 2.45) is 0 Å². The van der Waals surface area contributed by atoms with E-state index in [1.165, 1.54) is 5.56 Å². The third-order valence-corrected chi connectivity index (χ3v) is 4.34. The molecule has 4 nitrogen and oxygen atoms in total. The molecular formula is C19H25N3O. The Morgan fingerprint density at radius 2 is 1.83 bits per heavy atom. The van der Waals surface area contributed by atoms with Gasteiger partial charge in [0.1, 0.15) is 0 Å². The first-order chi connectivity index (χ1) is 11.2. The van der Waals surface area contributed by atoms with E-state index in [4.69, 9.17) is 0 Å². The molecule has 1 saturated heterocycles. The van der Waals surface area contributed by atoms with Gasteiger partial charge in [0.15, 0.2) is 0 Å². The van der Waals surface area contributed by atoms with Crippen molar-refractivity contribution in [1.82, 2.24) is 15.2 Å². The molecule has 0 aliphatic carbocycles. The maximum Gasteiger partial charge on any atom is 0.0859 e. The topological polar surface area (TPSA) is 48.4 Å². The van der Waals surface area contributed by atoms with E-state index < -0.39 is 0 Å². The average molecular weight is 311 g/mol. The molecule has 1 aliphatic heterocycles. The summed E-state index contributed by atoms with van der Waals surface area (Å²) in [6, 6.07) is 13.6. The van der Waals surface area contributed by atoms with Crippen LogP contribution in [0.25, 0.3) is 11.1 Å². The van der Waals surface area contributed by atoms with Crippen LogP contribution in [-0.4, -0.2) is 40.2 Å². The highest BCUT2D eigenvalue weighted by Gasteiger charge is 2.20. The molecule has 0 spiro atoms. The molecule has 2 aromatic rings. The zero-order valence-electron chi connectivity index (χ0n) is 13.9. The van der Waals surface area contributed by atoms with Gasteiger partial charge < -0.3 is 10.4 Å². The number of aromatic nitrogens is 1. The van der Waals surface area contributed by atoms with Crippen molar-refractivity contribution in [3.8, 4) is 11.1 Å². The van der Waals surface area contributed by atoms with E-state index in [-0.39, 0.29) is 6.61 Å². The van der Waals surface area contributed by atoms with Gasteiger partial charge in [-0.25, -0.2) is 0 Å². The summed E-state index contributed by atoms with van der Waals surface area (Å²) in [6.07, 6.45) is 1.72. The first kappa shape index (κ1) is 16.1. The molecule has 0 radical (unpaired) electrons. The second kappa shape index (κ2) is 7.21. The normalized spacial score (nSPS) is 22.2. The lowest BCUT2D eigenvalue weighted by atomic mass is 10.0. The van der Waals surface area contributed by atoms with Gasteiger partial charge in [-0.05, 0) is 31.0 Å². The number of aliphatic hydroxyl groups excluding tert-OH is 1. The summed E-state index contributed by atoms with van der Waals surface area (Å²) in [7, 11) is 0. The number of aliphatic hydroxyl groups is 1.